The molecule has 1 atom stereocenters. The van der Waals surface area contributed by atoms with Crippen molar-refractivity contribution in [2.45, 2.75) is 64.8 Å². The summed E-state index contributed by atoms with van der Waals surface area (Å²) >= 11 is 0. The number of aliphatic imine (C=N–C) groups is 1. The van der Waals surface area contributed by atoms with E-state index in [0.717, 1.165) is 38.0 Å². The van der Waals surface area contributed by atoms with Crippen molar-refractivity contribution in [1.82, 2.24) is 15.5 Å². The van der Waals surface area contributed by atoms with Gasteiger partial charge in [0.1, 0.15) is 0 Å². The van der Waals surface area contributed by atoms with E-state index in [1.807, 2.05) is 7.05 Å². The third-order valence-corrected chi connectivity index (χ3v) is 5.96. The van der Waals surface area contributed by atoms with Crippen LogP contribution >= 0.6 is 0 Å². The number of likely N-dealkylation sites (tertiary alicyclic amines) is 1. The summed E-state index contributed by atoms with van der Waals surface area (Å²) in [5.41, 5.74) is 0.394. The zero-order valence-corrected chi connectivity index (χ0v) is 16.9. The molecule has 1 heterocycles. The fourth-order valence-electron chi connectivity index (χ4n) is 4.50. The average molecular weight is 353 g/mol. The molecular weight excluding hydrogens is 312 g/mol. The first kappa shape index (κ1) is 20.5. The van der Waals surface area contributed by atoms with Crippen LogP contribution in [0.2, 0.25) is 0 Å². The van der Waals surface area contributed by atoms with Gasteiger partial charge >= 0.3 is 0 Å². The first-order valence-corrected chi connectivity index (χ1v) is 10.3. The highest BCUT2D eigenvalue weighted by Gasteiger charge is 2.33. The van der Waals surface area contributed by atoms with Gasteiger partial charge in [-0.1, -0.05) is 26.7 Å². The Kier molecular flexibility index (Phi) is 8.50. The summed E-state index contributed by atoms with van der Waals surface area (Å²) in [5, 5.41) is 7.18. The molecule has 25 heavy (non-hydrogen) atoms. The fraction of sp³-hybridized carbons (Fsp3) is 0.950. The molecule has 2 fully saturated rings. The topological polar surface area (TPSA) is 48.9 Å². The average Bonchev–Trinajstić information content (AvgIpc) is 3.23. The monoisotopic (exact) mass is 352 g/mol. The van der Waals surface area contributed by atoms with E-state index in [1.165, 1.54) is 51.6 Å². The number of ether oxygens (including phenoxy) is 1. The maximum absolute atomic E-state index is 5.34. The Morgan fingerprint density at radius 2 is 2.00 bits per heavy atom. The lowest BCUT2D eigenvalue weighted by atomic mass is 9.83. The predicted molar refractivity (Wildman–Crippen MR) is 106 cm³/mol. The van der Waals surface area contributed by atoms with Crippen LogP contribution in [0.3, 0.4) is 0 Å². The van der Waals surface area contributed by atoms with Crippen LogP contribution in [0.4, 0.5) is 0 Å². The minimum absolute atomic E-state index is 0.394. The van der Waals surface area contributed by atoms with Crippen LogP contribution in [-0.2, 0) is 4.74 Å². The first-order chi connectivity index (χ1) is 12.1. The Morgan fingerprint density at radius 1 is 1.24 bits per heavy atom. The van der Waals surface area contributed by atoms with E-state index in [-0.39, 0.29) is 0 Å². The number of hydrogen-bond acceptors (Lipinski definition) is 3. The van der Waals surface area contributed by atoms with Gasteiger partial charge in [-0.2, -0.15) is 0 Å². The molecular formula is C20H40N4O. The quantitative estimate of drug-likeness (QED) is 0.495. The highest BCUT2D eigenvalue weighted by Crippen LogP contribution is 2.40. The maximum Gasteiger partial charge on any atom is 0.191 e. The zero-order valence-electron chi connectivity index (χ0n) is 16.9. The molecule has 0 aromatic carbocycles. The van der Waals surface area contributed by atoms with E-state index >= 15 is 0 Å². The maximum atomic E-state index is 5.34. The van der Waals surface area contributed by atoms with Gasteiger partial charge in [0.25, 0.3) is 0 Å². The number of nitrogens with one attached hydrogen (secondary N) is 2. The molecule has 2 aliphatic rings. The van der Waals surface area contributed by atoms with Gasteiger partial charge in [-0.25, -0.2) is 0 Å². The Balaban J connectivity index is 1.78. The summed E-state index contributed by atoms with van der Waals surface area (Å²) in [5.74, 6) is 1.70. The van der Waals surface area contributed by atoms with Crippen LogP contribution < -0.4 is 10.6 Å². The Bertz CT molecular complexity index is 405. The molecule has 2 N–H and O–H groups in total. The molecule has 0 aromatic heterocycles. The normalized spacial score (nSPS) is 24.2. The molecule has 5 nitrogen and oxygen atoms in total. The van der Waals surface area contributed by atoms with Gasteiger partial charge in [0, 0.05) is 46.4 Å². The van der Waals surface area contributed by atoms with Crippen LogP contribution in [0.5, 0.6) is 0 Å². The standard InChI is InChI=1S/C20H40N4O/c1-17(2)15-24-12-7-8-18(24)14-22-19(21-3)23-16-20(11-13-25-4)9-5-6-10-20/h17-18H,5-16H2,1-4H3,(H2,21,22,23)/t18-/m1/s1. The van der Waals surface area contributed by atoms with E-state index in [0.29, 0.717) is 11.5 Å². The van der Waals surface area contributed by atoms with E-state index in [9.17, 15) is 0 Å². The largest absolute Gasteiger partial charge is 0.385 e. The van der Waals surface area contributed by atoms with Crippen LogP contribution in [0.1, 0.15) is 58.8 Å². The number of nitrogens with zero attached hydrogens (tertiary/aromatic N) is 2. The molecule has 0 aromatic rings. The summed E-state index contributed by atoms with van der Waals surface area (Å²) in [6.07, 6.45) is 9.10. The van der Waals surface area contributed by atoms with E-state index in [1.54, 1.807) is 7.11 Å². The minimum atomic E-state index is 0.394. The number of guanidine groups is 1. The van der Waals surface area contributed by atoms with Crippen molar-refractivity contribution in [2.24, 2.45) is 16.3 Å². The van der Waals surface area contributed by atoms with Gasteiger partial charge in [0.05, 0.1) is 0 Å². The summed E-state index contributed by atoms with van der Waals surface area (Å²) < 4.78 is 5.34. The van der Waals surface area contributed by atoms with Crippen LogP contribution in [0.25, 0.3) is 0 Å². The molecule has 0 amide bonds. The van der Waals surface area contributed by atoms with Crippen molar-refractivity contribution in [1.29, 1.82) is 0 Å². The minimum Gasteiger partial charge on any atom is -0.385 e. The van der Waals surface area contributed by atoms with Gasteiger partial charge in [-0.05, 0) is 50.0 Å². The molecule has 0 radical (unpaired) electrons. The van der Waals surface area contributed by atoms with E-state index in [2.05, 4.69) is 34.4 Å². The van der Waals surface area contributed by atoms with Gasteiger partial charge in [0.15, 0.2) is 5.96 Å². The Labute approximate surface area is 155 Å². The smallest absolute Gasteiger partial charge is 0.191 e. The molecule has 2 rings (SSSR count). The highest BCUT2D eigenvalue weighted by molar-refractivity contribution is 5.79. The number of rotatable bonds is 9. The van der Waals surface area contributed by atoms with Crippen molar-refractivity contribution in [2.75, 3.05) is 46.9 Å². The number of hydrogen-bond donors (Lipinski definition) is 2. The second-order valence-corrected chi connectivity index (χ2v) is 8.44. The van der Waals surface area contributed by atoms with Crippen LogP contribution in [-0.4, -0.2) is 63.8 Å². The Hall–Kier alpha value is -0.810. The lowest BCUT2D eigenvalue weighted by Crippen LogP contribution is -2.48. The number of methoxy groups -OCH3 is 1. The second kappa shape index (κ2) is 10.4. The molecule has 0 unspecified atom stereocenters. The molecule has 0 bridgehead atoms. The lowest BCUT2D eigenvalue weighted by molar-refractivity contribution is 0.138. The van der Waals surface area contributed by atoms with Gasteiger partial charge in [0.2, 0.25) is 0 Å². The van der Waals surface area contributed by atoms with Gasteiger partial charge in [-0.15, -0.1) is 0 Å². The molecule has 1 saturated carbocycles. The van der Waals surface area contributed by atoms with Crippen molar-refractivity contribution < 1.29 is 4.74 Å². The first-order valence-electron chi connectivity index (χ1n) is 10.3. The zero-order chi connectivity index (χ0) is 18.1. The lowest BCUT2D eigenvalue weighted by Gasteiger charge is -2.31. The van der Waals surface area contributed by atoms with Crippen LogP contribution in [0.15, 0.2) is 4.99 Å². The van der Waals surface area contributed by atoms with Gasteiger partial charge < -0.3 is 15.4 Å². The highest BCUT2D eigenvalue weighted by atomic mass is 16.5. The summed E-state index contributed by atoms with van der Waals surface area (Å²) in [4.78, 5) is 7.09. The molecule has 5 heteroatoms. The predicted octanol–water partition coefficient (Wildman–Crippen LogP) is 2.87. The van der Waals surface area contributed by atoms with Crippen molar-refractivity contribution in [3.8, 4) is 0 Å². The molecule has 146 valence electrons. The third-order valence-electron chi connectivity index (χ3n) is 5.96. The fourth-order valence-corrected chi connectivity index (χ4v) is 4.50. The SMILES string of the molecule is CN=C(NC[C@H]1CCCN1CC(C)C)NCC1(CCOC)CCCC1. The van der Waals surface area contributed by atoms with E-state index in [4.69, 9.17) is 4.74 Å². The Morgan fingerprint density at radius 3 is 2.64 bits per heavy atom. The van der Waals surface area contributed by atoms with Crippen LogP contribution in [0, 0.1) is 11.3 Å². The summed E-state index contributed by atoms with van der Waals surface area (Å²) in [6.45, 7) is 9.94. The van der Waals surface area contributed by atoms with Crippen molar-refractivity contribution >= 4 is 5.96 Å². The van der Waals surface area contributed by atoms with E-state index < -0.39 is 0 Å². The summed E-state index contributed by atoms with van der Waals surface area (Å²) in [6, 6.07) is 0.648. The van der Waals surface area contributed by atoms with Crippen molar-refractivity contribution in [3.63, 3.8) is 0 Å². The van der Waals surface area contributed by atoms with Gasteiger partial charge in [-0.3, -0.25) is 9.89 Å². The molecule has 1 saturated heterocycles. The summed E-state index contributed by atoms with van der Waals surface area (Å²) in [7, 11) is 3.69. The third kappa shape index (κ3) is 6.45. The molecule has 0 spiro atoms. The molecule has 1 aliphatic heterocycles. The molecule has 1 aliphatic carbocycles. The van der Waals surface area contributed by atoms with Crippen molar-refractivity contribution in [3.05, 3.63) is 0 Å². The second-order valence-electron chi connectivity index (χ2n) is 8.44.